The molecule has 27 heavy (non-hydrogen) atoms. The molecule has 4 rings (SSSR count). The second kappa shape index (κ2) is 7.25. The zero-order valence-electron chi connectivity index (χ0n) is 14.8. The van der Waals surface area contributed by atoms with E-state index in [1.54, 1.807) is 12.3 Å². The van der Waals surface area contributed by atoms with E-state index in [4.69, 9.17) is 0 Å². The molecule has 0 radical (unpaired) electrons. The van der Waals surface area contributed by atoms with E-state index >= 15 is 0 Å². The number of rotatable bonds is 4. The molecule has 5 nitrogen and oxygen atoms in total. The van der Waals surface area contributed by atoms with Gasteiger partial charge in [-0.1, -0.05) is 54.6 Å². The predicted molar refractivity (Wildman–Crippen MR) is 110 cm³/mol. The second-order valence-electron chi connectivity index (χ2n) is 6.16. The van der Waals surface area contributed by atoms with Gasteiger partial charge in [0.05, 0.1) is 22.8 Å². The SMILES string of the molecule is Cc1ccccc1/C=N/Nc1nc2ccccc2c(=O)n1-c1ccccc1. The normalized spacial score (nSPS) is 11.1. The van der Waals surface area contributed by atoms with E-state index < -0.39 is 0 Å². The molecule has 0 aliphatic heterocycles. The van der Waals surface area contributed by atoms with Crippen LogP contribution in [0.25, 0.3) is 16.6 Å². The summed E-state index contributed by atoms with van der Waals surface area (Å²) in [7, 11) is 0. The number of aryl methyl sites for hydroxylation is 1. The topological polar surface area (TPSA) is 59.3 Å². The molecule has 0 saturated heterocycles. The van der Waals surface area contributed by atoms with Crippen LogP contribution in [0.1, 0.15) is 11.1 Å². The Morgan fingerprint density at radius 3 is 2.44 bits per heavy atom. The lowest BCUT2D eigenvalue weighted by atomic mass is 10.1. The van der Waals surface area contributed by atoms with Crippen molar-refractivity contribution in [2.45, 2.75) is 6.92 Å². The number of anilines is 1. The quantitative estimate of drug-likeness (QED) is 0.443. The van der Waals surface area contributed by atoms with Gasteiger partial charge in [0.1, 0.15) is 0 Å². The minimum atomic E-state index is -0.139. The van der Waals surface area contributed by atoms with Crippen LogP contribution in [0.5, 0.6) is 0 Å². The first-order valence-corrected chi connectivity index (χ1v) is 8.66. The van der Waals surface area contributed by atoms with Gasteiger partial charge in [-0.05, 0) is 42.3 Å². The Bertz CT molecular complexity index is 1180. The first-order chi connectivity index (χ1) is 13.2. The molecule has 0 saturated carbocycles. The lowest BCUT2D eigenvalue weighted by Crippen LogP contribution is -2.22. The summed E-state index contributed by atoms with van der Waals surface area (Å²) in [5.74, 6) is 0.370. The molecular weight excluding hydrogens is 336 g/mol. The molecule has 0 bridgehead atoms. The predicted octanol–water partition coefficient (Wildman–Crippen LogP) is 4.14. The molecule has 1 heterocycles. The van der Waals surface area contributed by atoms with Crippen molar-refractivity contribution in [2.75, 3.05) is 5.43 Å². The van der Waals surface area contributed by atoms with Crippen LogP contribution in [0.4, 0.5) is 5.95 Å². The van der Waals surface area contributed by atoms with Crippen LogP contribution in [-0.4, -0.2) is 15.8 Å². The highest BCUT2D eigenvalue weighted by atomic mass is 16.1. The van der Waals surface area contributed by atoms with Gasteiger partial charge in [-0.2, -0.15) is 5.10 Å². The molecule has 1 N–H and O–H groups in total. The maximum atomic E-state index is 13.1. The second-order valence-corrected chi connectivity index (χ2v) is 6.16. The van der Waals surface area contributed by atoms with Crippen LogP contribution in [0, 0.1) is 6.92 Å². The number of fused-ring (bicyclic) bond motifs is 1. The highest BCUT2D eigenvalue weighted by molar-refractivity contribution is 5.82. The summed E-state index contributed by atoms with van der Waals surface area (Å²) >= 11 is 0. The number of hydrogen-bond acceptors (Lipinski definition) is 4. The van der Waals surface area contributed by atoms with Gasteiger partial charge in [0.2, 0.25) is 5.95 Å². The van der Waals surface area contributed by atoms with Crippen LogP contribution in [0.3, 0.4) is 0 Å². The number of para-hydroxylation sites is 2. The molecule has 0 unspecified atom stereocenters. The fraction of sp³-hybridized carbons (Fsp3) is 0.0455. The van der Waals surface area contributed by atoms with Gasteiger partial charge < -0.3 is 0 Å². The molecule has 132 valence electrons. The van der Waals surface area contributed by atoms with Gasteiger partial charge >= 0.3 is 0 Å². The third-order valence-electron chi connectivity index (χ3n) is 4.35. The van der Waals surface area contributed by atoms with E-state index in [2.05, 4.69) is 15.5 Å². The largest absolute Gasteiger partial charge is 0.268 e. The maximum Gasteiger partial charge on any atom is 0.267 e. The molecule has 5 heteroatoms. The van der Waals surface area contributed by atoms with Crippen molar-refractivity contribution >= 4 is 23.1 Å². The van der Waals surface area contributed by atoms with Crippen LogP contribution >= 0.6 is 0 Å². The van der Waals surface area contributed by atoms with Crippen LogP contribution in [-0.2, 0) is 0 Å². The number of hydrazone groups is 1. The Hall–Kier alpha value is -3.73. The van der Waals surface area contributed by atoms with E-state index in [1.165, 1.54) is 4.57 Å². The van der Waals surface area contributed by atoms with E-state index in [0.717, 1.165) is 16.8 Å². The average Bonchev–Trinajstić information content (AvgIpc) is 2.70. The summed E-state index contributed by atoms with van der Waals surface area (Å²) in [6.07, 6.45) is 1.73. The Balaban J connectivity index is 1.81. The molecule has 3 aromatic carbocycles. The van der Waals surface area contributed by atoms with E-state index in [9.17, 15) is 4.79 Å². The Kier molecular flexibility index (Phi) is 4.49. The molecule has 0 aliphatic carbocycles. The molecule has 0 atom stereocenters. The number of hydrogen-bond donors (Lipinski definition) is 1. The van der Waals surface area contributed by atoms with E-state index in [0.29, 0.717) is 16.9 Å². The molecule has 0 fully saturated rings. The lowest BCUT2D eigenvalue weighted by molar-refractivity contribution is 0.956. The zero-order chi connectivity index (χ0) is 18.6. The zero-order valence-corrected chi connectivity index (χ0v) is 14.8. The summed E-state index contributed by atoms with van der Waals surface area (Å²) in [5, 5.41) is 4.87. The summed E-state index contributed by atoms with van der Waals surface area (Å²) in [6.45, 7) is 2.02. The van der Waals surface area contributed by atoms with Crippen molar-refractivity contribution in [3.05, 3.63) is 100 Å². The maximum absolute atomic E-state index is 13.1. The standard InChI is InChI=1S/C22H18N4O/c1-16-9-5-6-10-17(16)15-23-25-22-24-20-14-8-7-13-19(20)21(27)26(22)18-11-3-2-4-12-18/h2-15H,1H3,(H,24,25)/b23-15+. The molecular formula is C22H18N4O. The number of benzene rings is 3. The Morgan fingerprint density at radius 1 is 0.926 bits per heavy atom. The summed E-state index contributed by atoms with van der Waals surface area (Å²) in [4.78, 5) is 17.7. The van der Waals surface area contributed by atoms with Crippen molar-refractivity contribution in [1.29, 1.82) is 0 Å². The number of nitrogens with zero attached hydrogens (tertiary/aromatic N) is 3. The molecule has 1 aromatic heterocycles. The van der Waals surface area contributed by atoms with Crippen molar-refractivity contribution in [2.24, 2.45) is 5.10 Å². The van der Waals surface area contributed by atoms with Crippen LogP contribution in [0.15, 0.2) is 88.8 Å². The van der Waals surface area contributed by atoms with E-state index in [-0.39, 0.29) is 5.56 Å². The van der Waals surface area contributed by atoms with Crippen molar-refractivity contribution in [3.63, 3.8) is 0 Å². The molecule has 0 aliphatic rings. The van der Waals surface area contributed by atoms with Gasteiger partial charge in [-0.25, -0.2) is 15.0 Å². The Morgan fingerprint density at radius 2 is 1.63 bits per heavy atom. The first-order valence-electron chi connectivity index (χ1n) is 8.66. The average molecular weight is 354 g/mol. The van der Waals surface area contributed by atoms with Gasteiger partial charge in [-0.15, -0.1) is 0 Å². The molecule has 4 aromatic rings. The first kappa shape index (κ1) is 16.7. The molecule has 0 amide bonds. The smallest absolute Gasteiger partial charge is 0.267 e. The minimum Gasteiger partial charge on any atom is -0.268 e. The van der Waals surface area contributed by atoms with Gasteiger partial charge in [0.15, 0.2) is 0 Å². The number of nitrogens with one attached hydrogen (secondary N) is 1. The lowest BCUT2D eigenvalue weighted by Gasteiger charge is -2.12. The fourth-order valence-corrected chi connectivity index (χ4v) is 2.92. The summed E-state index contributed by atoms with van der Waals surface area (Å²) in [5.41, 5.74) is 6.28. The van der Waals surface area contributed by atoms with Gasteiger partial charge in [0.25, 0.3) is 5.56 Å². The minimum absolute atomic E-state index is 0.139. The van der Waals surface area contributed by atoms with Crippen molar-refractivity contribution in [1.82, 2.24) is 9.55 Å². The third-order valence-corrected chi connectivity index (χ3v) is 4.35. The number of aromatic nitrogens is 2. The highest BCUT2D eigenvalue weighted by Crippen LogP contribution is 2.16. The van der Waals surface area contributed by atoms with Crippen LogP contribution in [0.2, 0.25) is 0 Å². The monoisotopic (exact) mass is 354 g/mol. The highest BCUT2D eigenvalue weighted by Gasteiger charge is 2.11. The summed E-state index contributed by atoms with van der Waals surface area (Å²) in [6, 6.07) is 24.7. The van der Waals surface area contributed by atoms with Gasteiger partial charge in [0, 0.05) is 0 Å². The summed E-state index contributed by atoms with van der Waals surface area (Å²) < 4.78 is 1.54. The van der Waals surface area contributed by atoms with Gasteiger partial charge in [-0.3, -0.25) is 4.79 Å². The van der Waals surface area contributed by atoms with Crippen molar-refractivity contribution in [3.8, 4) is 5.69 Å². The fourth-order valence-electron chi connectivity index (χ4n) is 2.92. The van der Waals surface area contributed by atoms with E-state index in [1.807, 2.05) is 79.7 Å². The van der Waals surface area contributed by atoms with Crippen LogP contribution < -0.4 is 11.0 Å². The Labute approximate surface area is 156 Å². The molecule has 0 spiro atoms. The van der Waals surface area contributed by atoms with Crippen molar-refractivity contribution < 1.29 is 0 Å². The third kappa shape index (κ3) is 3.35.